The minimum absolute atomic E-state index is 0.247. The molecular formula is C11H20N2O3S. The summed E-state index contributed by atoms with van der Waals surface area (Å²) in [5.74, 6) is 0.253. The van der Waals surface area contributed by atoms with Gasteiger partial charge < -0.3 is 10.2 Å². The number of fused-ring (bicyclic) bond motifs is 1. The zero-order chi connectivity index (χ0) is 12.6. The third-order valence-electron chi connectivity index (χ3n) is 3.90. The quantitative estimate of drug-likeness (QED) is 0.735. The molecule has 0 bridgehead atoms. The van der Waals surface area contributed by atoms with Crippen LogP contribution in [0.5, 0.6) is 0 Å². The summed E-state index contributed by atoms with van der Waals surface area (Å²) in [5, 5.41) is 2.49. The summed E-state index contributed by atoms with van der Waals surface area (Å²) in [7, 11) is -3.28. The van der Waals surface area contributed by atoms with Gasteiger partial charge in [0.05, 0.1) is 0 Å². The molecule has 2 aliphatic heterocycles. The van der Waals surface area contributed by atoms with Crippen LogP contribution in [0.2, 0.25) is 0 Å². The van der Waals surface area contributed by atoms with Crippen molar-refractivity contribution in [2.45, 2.75) is 31.1 Å². The Morgan fingerprint density at radius 3 is 2.71 bits per heavy atom. The molecule has 2 fully saturated rings. The third-order valence-corrected chi connectivity index (χ3v) is 5.39. The molecule has 17 heavy (non-hydrogen) atoms. The van der Waals surface area contributed by atoms with E-state index in [1.165, 1.54) is 6.92 Å². The zero-order valence-corrected chi connectivity index (χ0v) is 11.2. The summed E-state index contributed by atoms with van der Waals surface area (Å²) in [6.07, 6.45) is 3.40. The second-order valence-corrected chi connectivity index (χ2v) is 7.54. The number of likely N-dealkylation sites (tertiary alicyclic amines) is 1. The lowest BCUT2D eigenvalue weighted by Crippen LogP contribution is -2.43. The minimum Gasteiger partial charge on any atom is -0.340 e. The first kappa shape index (κ1) is 12.8. The second kappa shape index (κ2) is 4.57. The Balaban J connectivity index is 2.03. The maximum atomic E-state index is 12.1. The fraction of sp³-hybridized carbons (Fsp3) is 0.909. The van der Waals surface area contributed by atoms with Crippen molar-refractivity contribution in [1.29, 1.82) is 0 Å². The van der Waals surface area contributed by atoms with Crippen molar-refractivity contribution in [2.75, 3.05) is 25.9 Å². The standard InChI is InChI=1S/C11H20N2O3S/c1-8(17(2,15)16)11(14)13-6-9-4-3-5-12-10(9)7-13/h8-10,12H,3-7H2,1-2H3. The predicted octanol–water partition coefficient (Wildman–Crippen LogP) is -0.370. The number of hydrogen-bond donors (Lipinski definition) is 1. The fourth-order valence-corrected chi connectivity index (χ4v) is 3.18. The topological polar surface area (TPSA) is 66.5 Å². The largest absolute Gasteiger partial charge is 0.340 e. The molecule has 2 heterocycles. The minimum atomic E-state index is -3.28. The summed E-state index contributed by atoms with van der Waals surface area (Å²) in [6.45, 7) is 3.84. The Kier molecular flexibility index (Phi) is 3.45. The van der Waals surface area contributed by atoms with Crippen LogP contribution in [0.4, 0.5) is 0 Å². The second-order valence-electron chi connectivity index (χ2n) is 5.18. The molecule has 0 saturated carbocycles. The zero-order valence-electron chi connectivity index (χ0n) is 10.3. The molecule has 3 atom stereocenters. The van der Waals surface area contributed by atoms with Gasteiger partial charge in [-0.25, -0.2) is 8.42 Å². The lowest BCUT2D eigenvalue weighted by molar-refractivity contribution is -0.129. The van der Waals surface area contributed by atoms with Crippen LogP contribution in [0.25, 0.3) is 0 Å². The molecule has 1 amide bonds. The molecule has 3 unspecified atom stereocenters. The van der Waals surface area contributed by atoms with E-state index in [4.69, 9.17) is 0 Å². The van der Waals surface area contributed by atoms with E-state index in [0.29, 0.717) is 25.0 Å². The monoisotopic (exact) mass is 260 g/mol. The first-order valence-corrected chi connectivity index (χ1v) is 8.06. The van der Waals surface area contributed by atoms with E-state index in [1.807, 2.05) is 0 Å². The fourth-order valence-electron chi connectivity index (χ4n) is 2.67. The molecule has 0 radical (unpaired) electrons. The normalized spacial score (nSPS) is 31.1. The summed E-state index contributed by atoms with van der Waals surface area (Å²) in [5.41, 5.74) is 0. The number of carbonyl (C=O) groups is 1. The highest BCUT2D eigenvalue weighted by Crippen LogP contribution is 2.25. The molecule has 0 aromatic rings. The van der Waals surface area contributed by atoms with Gasteiger partial charge in [0.1, 0.15) is 5.25 Å². The summed E-state index contributed by atoms with van der Waals surface area (Å²) in [4.78, 5) is 13.8. The molecule has 98 valence electrons. The van der Waals surface area contributed by atoms with Gasteiger partial charge in [-0.1, -0.05) is 0 Å². The molecule has 5 nitrogen and oxygen atoms in total. The number of sulfone groups is 1. The van der Waals surface area contributed by atoms with Crippen molar-refractivity contribution in [3.05, 3.63) is 0 Å². The summed E-state index contributed by atoms with van der Waals surface area (Å²) in [6, 6.07) is 0.361. The smallest absolute Gasteiger partial charge is 0.240 e. The van der Waals surface area contributed by atoms with Gasteiger partial charge in [-0.3, -0.25) is 4.79 Å². The van der Waals surface area contributed by atoms with E-state index in [-0.39, 0.29) is 5.91 Å². The number of nitrogens with one attached hydrogen (secondary N) is 1. The van der Waals surface area contributed by atoms with Crippen LogP contribution in [-0.4, -0.2) is 56.4 Å². The van der Waals surface area contributed by atoms with Gasteiger partial charge in [0.15, 0.2) is 9.84 Å². The van der Waals surface area contributed by atoms with E-state index in [9.17, 15) is 13.2 Å². The van der Waals surface area contributed by atoms with Crippen LogP contribution in [0, 0.1) is 5.92 Å². The maximum absolute atomic E-state index is 12.1. The maximum Gasteiger partial charge on any atom is 0.240 e. The highest BCUT2D eigenvalue weighted by molar-refractivity contribution is 7.92. The van der Waals surface area contributed by atoms with Crippen LogP contribution in [0.3, 0.4) is 0 Å². The van der Waals surface area contributed by atoms with Crippen molar-refractivity contribution in [1.82, 2.24) is 10.2 Å². The van der Waals surface area contributed by atoms with Crippen molar-refractivity contribution >= 4 is 15.7 Å². The first-order valence-electron chi connectivity index (χ1n) is 6.10. The molecule has 2 rings (SSSR count). The molecule has 0 aromatic carbocycles. The lowest BCUT2D eigenvalue weighted by atomic mass is 9.94. The first-order chi connectivity index (χ1) is 7.89. The average Bonchev–Trinajstić information content (AvgIpc) is 2.69. The van der Waals surface area contributed by atoms with Crippen LogP contribution >= 0.6 is 0 Å². The molecule has 2 saturated heterocycles. The molecule has 0 spiro atoms. The Bertz CT molecular complexity index is 393. The van der Waals surface area contributed by atoms with E-state index < -0.39 is 15.1 Å². The average molecular weight is 260 g/mol. The van der Waals surface area contributed by atoms with Crippen LogP contribution < -0.4 is 5.32 Å². The summed E-state index contributed by atoms with van der Waals surface area (Å²) < 4.78 is 22.8. The van der Waals surface area contributed by atoms with Gasteiger partial charge >= 0.3 is 0 Å². The van der Waals surface area contributed by atoms with Crippen LogP contribution in [0.15, 0.2) is 0 Å². The van der Waals surface area contributed by atoms with Gasteiger partial charge in [-0.2, -0.15) is 0 Å². The predicted molar refractivity (Wildman–Crippen MR) is 65.4 cm³/mol. The van der Waals surface area contributed by atoms with Crippen molar-refractivity contribution in [2.24, 2.45) is 5.92 Å². The van der Waals surface area contributed by atoms with Gasteiger partial charge in [0.25, 0.3) is 0 Å². The number of hydrogen-bond acceptors (Lipinski definition) is 4. The Morgan fingerprint density at radius 2 is 2.12 bits per heavy atom. The number of rotatable bonds is 2. The van der Waals surface area contributed by atoms with E-state index in [1.54, 1.807) is 4.90 Å². The van der Waals surface area contributed by atoms with E-state index >= 15 is 0 Å². The Labute approximate surface area is 102 Å². The third kappa shape index (κ3) is 2.63. The van der Waals surface area contributed by atoms with Gasteiger partial charge in [0.2, 0.25) is 5.91 Å². The molecule has 1 N–H and O–H groups in total. The van der Waals surface area contributed by atoms with Crippen molar-refractivity contribution < 1.29 is 13.2 Å². The Hall–Kier alpha value is -0.620. The van der Waals surface area contributed by atoms with Crippen molar-refractivity contribution in [3.63, 3.8) is 0 Å². The van der Waals surface area contributed by atoms with Gasteiger partial charge in [0, 0.05) is 25.4 Å². The van der Waals surface area contributed by atoms with E-state index in [2.05, 4.69) is 5.32 Å². The SMILES string of the molecule is CC(C(=O)N1CC2CCCNC2C1)S(C)(=O)=O. The number of piperidine rings is 1. The van der Waals surface area contributed by atoms with Gasteiger partial charge in [-0.05, 0) is 32.2 Å². The lowest BCUT2D eigenvalue weighted by Gasteiger charge is -2.24. The molecular weight excluding hydrogens is 240 g/mol. The summed E-state index contributed by atoms with van der Waals surface area (Å²) >= 11 is 0. The molecule has 0 aromatic heterocycles. The highest BCUT2D eigenvalue weighted by atomic mass is 32.2. The van der Waals surface area contributed by atoms with Crippen LogP contribution in [0.1, 0.15) is 19.8 Å². The van der Waals surface area contributed by atoms with Gasteiger partial charge in [-0.15, -0.1) is 0 Å². The number of amides is 1. The molecule has 0 aliphatic carbocycles. The van der Waals surface area contributed by atoms with E-state index in [0.717, 1.165) is 25.6 Å². The van der Waals surface area contributed by atoms with Crippen molar-refractivity contribution in [3.8, 4) is 0 Å². The number of nitrogens with zero attached hydrogens (tertiary/aromatic N) is 1. The van der Waals surface area contributed by atoms with Crippen LogP contribution in [-0.2, 0) is 14.6 Å². The Morgan fingerprint density at radius 1 is 1.41 bits per heavy atom. The highest BCUT2D eigenvalue weighted by Gasteiger charge is 2.39. The molecule has 6 heteroatoms. The number of carbonyl (C=O) groups excluding carboxylic acids is 1. The molecule has 2 aliphatic rings.